The van der Waals surface area contributed by atoms with E-state index in [0.29, 0.717) is 23.7 Å². The second-order valence-electron chi connectivity index (χ2n) is 7.04. The Kier molecular flexibility index (Phi) is 9.00. The predicted octanol–water partition coefficient (Wildman–Crippen LogP) is 4.09. The van der Waals surface area contributed by atoms with Gasteiger partial charge in [-0.2, -0.15) is 0 Å². The number of para-hydroxylation sites is 1. The monoisotopic (exact) mass is 416 g/mol. The fraction of sp³-hybridized carbons (Fsp3) is 0.391. The Morgan fingerprint density at radius 2 is 1.72 bits per heavy atom. The van der Waals surface area contributed by atoms with Crippen LogP contribution in [0.1, 0.15) is 32.8 Å². The van der Waals surface area contributed by atoms with Gasteiger partial charge in [0.2, 0.25) is 5.91 Å². The summed E-state index contributed by atoms with van der Waals surface area (Å²) in [5, 5.41) is 3.39. The van der Waals surface area contributed by atoms with Crippen molar-refractivity contribution in [2.75, 3.05) is 13.2 Å². The zero-order valence-electron chi connectivity index (χ0n) is 17.2. The molecule has 0 aliphatic heterocycles. The summed E-state index contributed by atoms with van der Waals surface area (Å²) in [6, 6.07) is 16.3. The van der Waals surface area contributed by atoms with Crippen LogP contribution in [-0.2, 0) is 16.0 Å². The molecule has 0 bridgehead atoms. The first-order chi connectivity index (χ1) is 13.9. The number of benzene rings is 2. The summed E-state index contributed by atoms with van der Waals surface area (Å²) >= 11 is 6.10. The molecule has 0 saturated heterocycles. The molecule has 0 unspecified atom stereocenters. The lowest BCUT2D eigenvalue weighted by molar-refractivity contribution is -0.141. The molecule has 0 spiro atoms. The Bertz CT molecular complexity index is 798. The van der Waals surface area contributed by atoms with E-state index < -0.39 is 6.04 Å². The molecule has 0 fully saturated rings. The van der Waals surface area contributed by atoms with Crippen molar-refractivity contribution >= 4 is 23.4 Å². The van der Waals surface area contributed by atoms with Crippen molar-refractivity contribution in [3.8, 4) is 5.75 Å². The normalized spacial score (nSPS) is 12.7. The maximum absolute atomic E-state index is 12.9. The average Bonchev–Trinajstić information content (AvgIpc) is 2.73. The molecule has 2 atom stereocenters. The van der Waals surface area contributed by atoms with E-state index in [1.165, 1.54) is 0 Å². The Labute approximate surface area is 178 Å². The number of ether oxygens (including phenoxy) is 1. The van der Waals surface area contributed by atoms with Crippen molar-refractivity contribution in [3.63, 3.8) is 0 Å². The molecule has 0 heterocycles. The number of hydrogen-bond donors (Lipinski definition) is 1. The van der Waals surface area contributed by atoms with Gasteiger partial charge in [-0.15, -0.1) is 0 Å². The van der Waals surface area contributed by atoms with E-state index >= 15 is 0 Å². The van der Waals surface area contributed by atoms with Crippen LogP contribution in [0.5, 0.6) is 5.75 Å². The molecule has 5 nitrogen and oxygen atoms in total. The van der Waals surface area contributed by atoms with E-state index in [1.807, 2.05) is 44.2 Å². The molecule has 0 aliphatic rings. The lowest BCUT2D eigenvalue weighted by atomic mass is 10.1. The molecular weight excluding hydrogens is 388 g/mol. The molecule has 0 radical (unpaired) electrons. The van der Waals surface area contributed by atoms with Crippen molar-refractivity contribution < 1.29 is 14.3 Å². The van der Waals surface area contributed by atoms with Crippen LogP contribution < -0.4 is 10.1 Å². The van der Waals surface area contributed by atoms with E-state index in [2.05, 4.69) is 5.32 Å². The summed E-state index contributed by atoms with van der Waals surface area (Å²) in [5.74, 6) is 0.0217. The second kappa shape index (κ2) is 11.5. The molecule has 1 N–H and O–H groups in total. The first-order valence-electron chi connectivity index (χ1n) is 9.93. The van der Waals surface area contributed by atoms with Gasteiger partial charge in [0.05, 0.1) is 5.02 Å². The van der Waals surface area contributed by atoms with Gasteiger partial charge >= 0.3 is 0 Å². The molecule has 156 valence electrons. The third-order valence-corrected chi connectivity index (χ3v) is 5.15. The Morgan fingerprint density at radius 3 is 2.38 bits per heavy atom. The van der Waals surface area contributed by atoms with Gasteiger partial charge in [-0.1, -0.05) is 61.0 Å². The van der Waals surface area contributed by atoms with Crippen molar-refractivity contribution in [1.82, 2.24) is 10.2 Å². The van der Waals surface area contributed by atoms with Crippen molar-refractivity contribution in [2.45, 2.75) is 45.7 Å². The fourth-order valence-corrected chi connectivity index (χ4v) is 3.01. The summed E-state index contributed by atoms with van der Waals surface area (Å²) in [6.07, 6.45) is 1.48. The highest BCUT2D eigenvalue weighted by molar-refractivity contribution is 6.32. The first-order valence-corrected chi connectivity index (χ1v) is 10.3. The number of rotatable bonds is 10. The van der Waals surface area contributed by atoms with Gasteiger partial charge in [0, 0.05) is 12.6 Å². The smallest absolute Gasteiger partial charge is 0.261 e. The average molecular weight is 417 g/mol. The molecule has 2 aromatic carbocycles. The van der Waals surface area contributed by atoms with Gasteiger partial charge in [-0.05, 0) is 44.4 Å². The number of halogens is 1. The SMILES string of the molecule is CC[C@H](C)NC(=O)[C@@H](C)N(CCc1ccccc1)C(=O)COc1ccccc1Cl. The number of amides is 2. The maximum atomic E-state index is 12.9. The van der Waals surface area contributed by atoms with Crippen LogP contribution in [0.15, 0.2) is 54.6 Å². The molecule has 29 heavy (non-hydrogen) atoms. The molecule has 6 heteroatoms. The summed E-state index contributed by atoms with van der Waals surface area (Å²) in [5.41, 5.74) is 1.10. The van der Waals surface area contributed by atoms with Crippen LogP contribution >= 0.6 is 11.6 Å². The Morgan fingerprint density at radius 1 is 1.07 bits per heavy atom. The summed E-state index contributed by atoms with van der Waals surface area (Å²) in [6.45, 7) is 5.94. The third-order valence-electron chi connectivity index (χ3n) is 4.84. The van der Waals surface area contributed by atoms with Gasteiger partial charge in [0.15, 0.2) is 6.61 Å². The zero-order chi connectivity index (χ0) is 21.2. The lowest BCUT2D eigenvalue weighted by Crippen LogP contribution is -2.51. The Hall–Kier alpha value is -2.53. The summed E-state index contributed by atoms with van der Waals surface area (Å²) < 4.78 is 5.61. The number of nitrogens with one attached hydrogen (secondary N) is 1. The predicted molar refractivity (Wildman–Crippen MR) is 116 cm³/mol. The highest BCUT2D eigenvalue weighted by Crippen LogP contribution is 2.23. The topological polar surface area (TPSA) is 58.6 Å². The summed E-state index contributed by atoms with van der Waals surface area (Å²) in [4.78, 5) is 27.1. The minimum absolute atomic E-state index is 0.0513. The molecular formula is C23H29ClN2O3. The van der Waals surface area contributed by atoms with Crippen LogP contribution in [0.2, 0.25) is 5.02 Å². The molecule has 0 aliphatic carbocycles. The van der Waals surface area contributed by atoms with Gasteiger partial charge < -0.3 is 15.0 Å². The van der Waals surface area contributed by atoms with Gasteiger partial charge in [0.25, 0.3) is 5.91 Å². The van der Waals surface area contributed by atoms with Gasteiger partial charge in [-0.3, -0.25) is 9.59 Å². The van der Waals surface area contributed by atoms with Crippen LogP contribution in [0.4, 0.5) is 0 Å². The number of nitrogens with zero attached hydrogens (tertiary/aromatic N) is 1. The van der Waals surface area contributed by atoms with E-state index in [4.69, 9.17) is 16.3 Å². The summed E-state index contributed by atoms with van der Waals surface area (Å²) in [7, 11) is 0. The number of hydrogen-bond acceptors (Lipinski definition) is 3. The molecule has 2 aromatic rings. The quantitative estimate of drug-likeness (QED) is 0.634. The van der Waals surface area contributed by atoms with Crippen LogP contribution in [0, 0.1) is 0 Å². The van der Waals surface area contributed by atoms with E-state index in [0.717, 1.165) is 12.0 Å². The van der Waals surface area contributed by atoms with E-state index in [9.17, 15) is 9.59 Å². The highest BCUT2D eigenvalue weighted by atomic mass is 35.5. The van der Waals surface area contributed by atoms with E-state index in [1.54, 1.807) is 36.1 Å². The molecule has 2 rings (SSSR count). The second-order valence-corrected chi connectivity index (χ2v) is 7.44. The van der Waals surface area contributed by atoms with E-state index in [-0.39, 0.29) is 24.5 Å². The Balaban J connectivity index is 2.08. The zero-order valence-corrected chi connectivity index (χ0v) is 18.0. The minimum Gasteiger partial charge on any atom is -0.482 e. The first kappa shape index (κ1) is 22.8. The molecule has 0 aromatic heterocycles. The third kappa shape index (κ3) is 7.09. The highest BCUT2D eigenvalue weighted by Gasteiger charge is 2.26. The largest absolute Gasteiger partial charge is 0.482 e. The number of carbonyl (C=O) groups excluding carboxylic acids is 2. The van der Waals surface area contributed by atoms with Crippen molar-refractivity contribution in [1.29, 1.82) is 0 Å². The maximum Gasteiger partial charge on any atom is 0.261 e. The van der Waals surface area contributed by atoms with Crippen LogP contribution in [-0.4, -0.2) is 41.9 Å². The van der Waals surface area contributed by atoms with Crippen LogP contribution in [0.3, 0.4) is 0 Å². The molecule has 0 saturated carbocycles. The van der Waals surface area contributed by atoms with Crippen LogP contribution in [0.25, 0.3) is 0 Å². The van der Waals surface area contributed by atoms with Crippen molar-refractivity contribution in [3.05, 3.63) is 65.2 Å². The minimum atomic E-state index is -0.602. The number of carbonyl (C=O) groups is 2. The molecule has 2 amide bonds. The van der Waals surface area contributed by atoms with Gasteiger partial charge in [-0.25, -0.2) is 0 Å². The lowest BCUT2D eigenvalue weighted by Gasteiger charge is -2.29. The van der Waals surface area contributed by atoms with Crippen molar-refractivity contribution in [2.24, 2.45) is 0 Å². The van der Waals surface area contributed by atoms with Gasteiger partial charge in [0.1, 0.15) is 11.8 Å². The standard InChI is InChI=1S/C23H29ClN2O3/c1-4-17(2)25-23(28)18(3)26(15-14-19-10-6-5-7-11-19)22(27)16-29-21-13-9-8-12-20(21)24/h5-13,17-18H,4,14-16H2,1-3H3,(H,25,28)/t17-,18+/m0/s1. The fourth-order valence-electron chi connectivity index (χ4n) is 2.82.